The molecule has 1 fully saturated rings. The number of benzene rings is 2. The van der Waals surface area contributed by atoms with E-state index < -0.39 is 0 Å². The Morgan fingerprint density at radius 2 is 2.10 bits per heavy atom. The van der Waals surface area contributed by atoms with Gasteiger partial charge in [0.1, 0.15) is 5.82 Å². The van der Waals surface area contributed by atoms with E-state index in [1.54, 1.807) is 24.3 Å². The van der Waals surface area contributed by atoms with Crippen LogP contribution in [0.1, 0.15) is 24.8 Å². The van der Waals surface area contributed by atoms with Gasteiger partial charge in [-0.3, -0.25) is 14.2 Å². The Balaban J connectivity index is 1.37. The molecule has 156 valence electrons. The lowest BCUT2D eigenvalue weighted by Gasteiger charge is -2.35. The van der Waals surface area contributed by atoms with Gasteiger partial charge in [0, 0.05) is 32.1 Å². The van der Waals surface area contributed by atoms with Crippen LogP contribution >= 0.6 is 0 Å². The molecule has 30 heavy (non-hydrogen) atoms. The first-order chi connectivity index (χ1) is 14.5. The smallest absolute Gasteiger partial charge is 0.261 e. The van der Waals surface area contributed by atoms with Crippen molar-refractivity contribution in [3.05, 3.63) is 70.5 Å². The molecule has 1 aliphatic heterocycles. The Morgan fingerprint density at radius 3 is 2.97 bits per heavy atom. The molecule has 3 aromatic rings. The van der Waals surface area contributed by atoms with Crippen molar-refractivity contribution < 1.29 is 9.18 Å². The van der Waals surface area contributed by atoms with Gasteiger partial charge in [-0.2, -0.15) is 0 Å². The fourth-order valence-corrected chi connectivity index (χ4v) is 3.97. The molecule has 1 aromatic heterocycles. The van der Waals surface area contributed by atoms with Gasteiger partial charge in [0.15, 0.2) is 0 Å². The standard InChI is InChI=1S/C23H25FN4O2/c1-16-8-9-19(24)21(13-16)27-11-4-5-17(14-27)26-22(29)10-12-28-15-25-20-7-3-2-6-18(20)23(28)30/h2-3,6-9,13,15,17H,4-5,10-12,14H2,1H3,(H,26,29). The highest BCUT2D eigenvalue weighted by atomic mass is 19.1. The molecular weight excluding hydrogens is 383 g/mol. The van der Waals surface area contributed by atoms with Crippen molar-refractivity contribution in [3.63, 3.8) is 0 Å². The quantitative estimate of drug-likeness (QED) is 0.705. The summed E-state index contributed by atoms with van der Waals surface area (Å²) in [7, 11) is 0. The summed E-state index contributed by atoms with van der Waals surface area (Å²) in [6.07, 6.45) is 3.41. The number of fused-ring (bicyclic) bond motifs is 1. The van der Waals surface area contributed by atoms with Gasteiger partial charge >= 0.3 is 0 Å². The van der Waals surface area contributed by atoms with Crippen molar-refractivity contribution >= 4 is 22.5 Å². The summed E-state index contributed by atoms with van der Waals surface area (Å²) >= 11 is 0. The molecule has 2 heterocycles. The van der Waals surface area contributed by atoms with E-state index in [0.29, 0.717) is 23.1 Å². The lowest BCUT2D eigenvalue weighted by Crippen LogP contribution is -2.48. The Morgan fingerprint density at radius 1 is 1.27 bits per heavy atom. The maximum Gasteiger partial charge on any atom is 0.261 e. The number of nitrogens with zero attached hydrogens (tertiary/aromatic N) is 3. The Hall–Kier alpha value is -3.22. The molecule has 2 aromatic carbocycles. The number of para-hydroxylation sites is 1. The van der Waals surface area contributed by atoms with Gasteiger partial charge in [-0.25, -0.2) is 9.37 Å². The maximum absolute atomic E-state index is 14.2. The topological polar surface area (TPSA) is 67.2 Å². The summed E-state index contributed by atoms with van der Waals surface area (Å²) in [5.74, 6) is -0.359. The minimum absolute atomic E-state index is 0.0439. The van der Waals surface area contributed by atoms with Crippen LogP contribution in [0.5, 0.6) is 0 Å². The summed E-state index contributed by atoms with van der Waals surface area (Å²) in [5.41, 5.74) is 2.09. The summed E-state index contributed by atoms with van der Waals surface area (Å²) in [6.45, 7) is 3.55. The zero-order valence-corrected chi connectivity index (χ0v) is 17.0. The van der Waals surface area contributed by atoms with Crippen LogP contribution in [0.25, 0.3) is 10.9 Å². The second-order valence-electron chi connectivity index (χ2n) is 7.82. The fourth-order valence-electron chi connectivity index (χ4n) is 3.97. The molecule has 1 amide bonds. The van der Waals surface area contributed by atoms with Crippen molar-refractivity contribution in [1.82, 2.24) is 14.9 Å². The third kappa shape index (κ3) is 4.35. The normalized spacial score (nSPS) is 16.6. The van der Waals surface area contributed by atoms with Crippen molar-refractivity contribution in [2.75, 3.05) is 18.0 Å². The zero-order chi connectivity index (χ0) is 21.1. The molecule has 1 aliphatic rings. The average Bonchev–Trinajstić information content (AvgIpc) is 2.75. The van der Waals surface area contributed by atoms with Gasteiger partial charge in [0.2, 0.25) is 5.91 Å². The molecule has 0 saturated carbocycles. The number of amides is 1. The number of rotatable bonds is 5. The van der Waals surface area contributed by atoms with E-state index in [1.807, 2.05) is 24.0 Å². The van der Waals surface area contributed by atoms with Gasteiger partial charge in [-0.05, 0) is 49.6 Å². The van der Waals surface area contributed by atoms with Crippen LogP contribution in [0.4, 0.5) is 10.1 Å². The summed E-state index contributed by atoms with van der Waals surface area (Å²) in [4.78, 5) is 31.3. The number of hydrogen-bond donors (Lipinski definition) is 1. The second-order valence-corrected chi connectivity index (χ2v) is 7.82. The average molecular weight is 408 g/mol. The monoisotopic (exact) mass is 408 g/mol. The highest BCUT2D eigenvalue weighted by molar-refractivity contribution is 5.77. The van der Waals surface area contributed by atoms with Crippen molar-refractivity contribution in [2.45, 2.75) is 38.8 Å². The maximum atomic E-state index is 14.2. The number of piperidine rings is 1. The van der Waals surface area contributed by atoms with Crippen LogP contribution < -0.4 is 15.8 Å². The second kappa shape index (κ2) is 8.65. The number of anilines is 1. The van der Waals surface area contributed by atoms with Crippen LogP contribution in [0.2, 0.25) is 0 Å². The molecule has 4 rings (SSSR count). The minimum Gasteiger partial charge on any atom is -0.367 e. The van der Waals surface area contributed by atoms with E-state index in [9.17, 15) is 14.0 Å². The van der Waals surface area contributed by atoms with E-state index in [0.717, 1.165) is 24.9 Å². The van der Waals surface area contributed by atoms with E-state index in [1.165, 1.54) is 17.0 Å². The molecule has 6 nitrogen and oxygen atoms in total. The summed E-state index contributed by atoms with van der Waals surface area (Å²) in [5, 5.41) is 3.59. The lowest BCUT2D eigenvalue weighted by atomic mass is 10.0. The van der Waals surface area contributed by atoms with Crippen LogP contribution in [0.15, 0.2) is 53.6 Å². The largest absolute Gasteiger partial charge is 0.367 e. The van der Waals surface area contributed by atoms with E-state index in [4.69, 9.17) is 0 Å². The van der Waals surface area contributed by atoms with Gasteiger partial charge in [0.25, 0.3) is 5.56 Å². The minimum atomic E-state index is -0.240. The predicted octanol–water partition coefficient (Wildman–Crippen LogP) is 3.02. The summed E-state index contributed by atoms with van der Waals surface area (Å²) < 4.78 is 15.7. The highest BCUT2D eigenvalue weighted by Gasteiger charge is 2.23. The third-order valence-electron chi connectivity index (χ3n) is 5.54. The van der Waals surface area contributed by atoms with Crippen molar-refractivity contribution in [3.8, 4) is 0 Å². The van der Waals surface area contributed by atoms with E-state index in [-0.39, 0.29) is 36.3 Å². The SMILES string of the molecule is Cc1ccc(F)c(N2CCCC(NC(=O)CCn3cnc4ccccc4c3=O)C2)c1. The number of aromatic nitrogens is 2. The molecule has 1 unspecified atom stereocenters. The molecule has 7 heteroatoms. The van der Waals surface area contributed by atoms with Crippen LogP contribution in [0, 0.1) is 12.7 Å². The molecule has 0 radical (unpaired) electrons. The fraction of sp³-hybridized carbons (Fsp3) is 0.348. The molecule has 1 saturated heterocycles. The van der Waals surface area contributed by atoms with E-state index >= 15 is 0 Å². The molecule has 1 N–H and O–H groups in total. The van der Waals surface area contributed by atoms with Crippen LogP contribution in [0.3, 0.4) is 0 Å². The number of carbonyl (C=O) groups excluding carboxylic acids is 1. The van der Waals surface area contributed by atoms with Gasteiger partial charge in [0.05, 0.1) is 22.9 Å². The molecular formula is C23H25FN4O2. The summed E-state index contributed by atoms with van der Waals surface area (Å²) in [6, 6.07) is 12.2. The number of halogens is 1. The first kappa shape index (κ1) is 20.1. The number of carbonyl (C=O) groups is 1. The molecule has 0 spiro atoms. The first-order valence-electron chi connectivity index (χ1n) is 10.3. The number of hydrogen-bond acceptors (Lipinski definition) is 4. The Labute approximate surface area is 174 Å². The number of nitrogens with one attached hydrogen (secondary N) is 1. The molecule has 1 atom stereocenters. The van der Waals surface area contributed by atoms with Gasteiger partial charge < -0.3 is 10.2 Å². The molecule has 0 aliphatic carbocycles. The highest BCUT2D eigenvalue weighted by Crippen LogP contribution is 2.24. The van der Waals surface area contributed by atoms with Crippen LogP contribution in [-0.2, 0) is 11.3 Å². The number of aryl methyl sites for hydroxylation is 2. The van der Waals surface area contributed by atoms with Gasteiger partial charge in [-0.15, -0.1) is 0 Å². The first-order valence-corrected chi connectivity index (χ1v) is 10.3. The lowest BCUT2D eigenvalue weighted by molar-refractivity contribution is -0.122. The molecule has 0 bridgehead atoms. The Bertz CT molecular complexity index is 1130. The Kier molecular flexibility index (Phi) is 5.79. The predicted molar refractivity (Wildman–Crippen MR) is 115 cm³/mol. The van der Waals surface area contributed by atoms with Crippen molar-refractivity contribution in [1.29, 1.82) is 0 Å². The third-order valence-corrected chi connectivity index (χ3v) is 5.54. The van der Waals surface area contributed by atoms with Crippen LogP contribution in [-0.4, -0.2) is 34.6 Å². The zero-order valence-electron chi connectivity index (χ0n) is 17.0. The van der Waals surface area contributed by atoms with Gasteiger partial charge in [-0.1, -0.05) is 18.2 Å². The van der Waals surface area contributed by atoms with E-state index in [2.05, 4.69) is 10.3 Å². The van der Waals surface area contributed by atoms with Crippen molar-refractivity contribution in [2.24, 2.45) is 0 Å².